The second-order valence-electron chi connectivity index (χ2n) is 4.71. The van der Waals surface area contributed by atoms with Crippen molar-refractivity contribution in [2.45, 2.75) is 46.7 Å². The molecule has 0 amide bonds. The first-order valence-corrected chi connectivity index (χ1v) is 7.69. The standard InChI is InChI=1S/C15H24BrNO2/c1-5-7-19-15-9-13(16)12(10-17-11(3)4)8-14(15)18-6-2/h8-9,11,17H,5-7,10H2,1-4H3. The summed E-state index contributed by atoms with van der Waals surface area (Å²) in [6.07, 6.45) is 0.986. The summed E-state index contributed by atoms with van der Waals surface area (Å²) in [5.41, 5.74) is 1.18. The SMILES string of the molecule is CCCOc1cc(Br)c(CNC(C)C)cc1OCC. The van der Waals surface area contributed by atoms with Crippen LogP contribution in [0, 0.1) is 0 Å². The van der Waals surface area contributed by atoms with Crippen molar-refractivity contribution in [3.05, 3.63) is 22.2 Å². The molecule has 0 aliphatic rings. The third-order valence-electron chi connectivity index (χ3n) is 2.58. The molecule has 0 unspecified atom stereocenters. The molecule has 1 rings (SSSR count). The van der Waals surface area contributed by atoms with Gasteiger partial charge in [0.25, 0.3) is 0 Å². The molecule has 0 aliphatic carbocycles. The Morgan fingerprint density at radius 2 is 1.84 bits per heavy atom. The van der Waals surface area contributed by atoms with E-state index in [9.17, 15) is 0 Å². The van der Waals surface area contributed by atoms with Gasteiger partial charge in [-0.25, -0.2) is 0 Å². The summed E-state index contributed by atoms with van der Waals surface area (Å²) in [5, 5.41) is 3.41. The smallest absolute Gasteiger partial charge is 0.162 e. The van der Waals surface area contributed by atoms with E-state index in [0.29, 0.717) is 19.3 Å². The molecule has 1 N–H and O–H groups in total. The highest BCUT2D eigenvalue weighted by atomic mass is 79.9. The Bertz CT molecular complexity index is 394. The first kappa shape index (κ1) is 16.3. The fourth-order valence-corrected chi connectivity index (χ4v) is 2.08. The van der Waals surface area contributed by atoms with Crippen molar-refractivity contribution in [2.24, 2.45) is 0 Å². The molecule has 0 atom stereocenters. The summed E-state index contributed by atoms with van der Waals surface area (Å²) in [7, 11) is 0. The molecule has 0 bridgehead atoms. The largest absolute Gasteiger partial charge is 0.490 e. The number of halogens is 1. The summed E-state index contributed by atoms with van der Waals surface area (Å²) in [4.78, 5) is 0. The Kier molecular flexibility index (Phi) is 7.24. The van der Waals surface area contributed by atoms with Crippen LogP contribution in [-0.2, 0) is 6.54 Å². The van der Waals surface area contributed by atoms with Crippen molar-refractivity contribution in [1.29, 1.82) is 0 Å². The van der Waals surface area contributed by atoms with Crippen LogP contribution in [0.3, 0.4) is 0 Å². The van der Waals surface area contributed by atoms with Crippen LogP contribution in [0.25, 0.3) is 0 Å². The fraction of sp³-hybridized carbons (Fsp3) is 0.600. The van der Waals surface area contributed by atoms with E-state index >= 15 is 0 Å². The Hall–Kier alpha value is -0.740. The lowest BCUT2D eigenvalue weighted by molar-refractivity contribution is 0.276. The van der Waals surface area contributed by atoms with Gasteiger partial charge in [0.1, 0.15) is 0 Å². The zero-order valence-electron chi connectivity index (χ0n) is 12.3. The third-order valence-corrected chi connectivity index (χ3v) is 3.31. The average molecular weight is 330 g/mol. The van der Waals surface area contributed by atoms with Gasteiger partial charge in [0.05, 0.1) is 13.2 Å². The number of ether oxygens (including phenoxy) is 2. The molecule has 1 aromatic rings. The topological polar surface area (TPSA) is 30.5 Å². The van der Waals surface area contributed by atoms with Gasteiger partial charge in [-0.15, -0.1) is 0 Å². The van der Waals surface area contributed by atoms with E-state index < -0.39 is 0 Å². The van der Waals surface area contributed by atoms with E-state index in [1.165, 1.54) is 5.56 Å². The monoisotopic (exact) mass is 329 g/mol. The van der Waals surface area contributed by atoms with E-state index in [-0.39, 0.29) is 0 Å². The van der Waals surface area contributed by atoms with E-state index in [4.69, 9.17) is 9.47 Å². The molecule has 108 valence electrons. The molecule has 0 aromatic heterocycles. The third kappa shape index (κ3) is 5.41. The maximum atomic E-state index is 5.72. The lowest BCUT2D eigenvalue weighted by Gasteiger charge is -2.16. The Morgan fingerprint density at radius 1 is 1.16 bits per heavy atom. The van der Waals surface area contributed by atoms with Gasteiger partial charge in [0, 0.05) is 17.1 Å². The van der Waals surface area contributed by atoms with Crippen molar-refractivity contribution < 1.29 is 9.47 Å². The summed E-state index contributed by atoms with van der Waals surface area (Å²) in [6, 6.07) is 4.50. The van der Waals surface area contributed by atoms with Gasteiger partial charge in [-0.1, -0.05) is 36.7 Å². The molecule has 0 saturated carbocycles. The van der Waals surface area contributed by atoms with Gasteiger partial charge in [-0.3, -0.25) is 0 Å². The predicted octanol–water partition coefficient (Wildman–Crippen LogP) is 4.13. The molecule has 3 nitrogen and oxygen atoms in total. The molecule has 19 heavy (non-hydrogen) atoms. The van der Waals surface area contributed by atoms with E-state index in [1.807, 2.05) is 19.1 Å². The van der Waals surface area contributed by atoms with Crippen LogP contribution in [0.1, 0.15) is 39.7 Å². The summed E-state index contributed by atoms with van der Waals surface area (Å²) in [6.45, 7) is 10.5. The second-order valence-corrected chi connectivity index (χ2v) is 5.56. The van der Waals surface area contributed by atoms with Crippen LogP contribution in [-0.4, -0.2) is 19.3 Å². The fourth-order valence-electron chi connectivity index (χ4n) is 1.62. The summed E-state index contributed by atoms with van der Waals surface area (Å²) in [5.74, 6) is 1.63. The summed E-state index contributed by atoms with van der Waals surface area (Å²) < 4.78 is 12.4. The zero-order valence-corrected chi connectivity index (χ0v) is 13.8. The van der Waals surface area contributed by atoms with E-state index in [0.717, 1.165) is 28.9 Å². The van der Waals surface area contributed by atoms with Crippen molar-refractivity contribution in [2.75, 3.05) is 13.2 Å². The van der Waals surface area contributed by atoms with Crippen LogP contribution in [0.5, 0.6) is 11.5 Å². The van der Waals surface area contributed by atoms with Gasteiger partial charge < -0.3 is 14.8 Å². The highest BCUT2D eigenvalue weighted by Crippen LogP contribution is 2.34. The molecular formula is C15H24BrNO2. The quantitative estimate of drug-likeness (QED) is 0.777. The number of hydrogen-bond acceptors (Lipinski definition) is 3. The minimum absolute atomic E-state index is 0.457. The molecule has 0 heterocycles. The maximum Gasteiger partial charge on any atom is 0.162 e. The van der Waals surface area contributed by atoms with Crippen LogP contribution >= 0.6 is 15.9 Å². The highest BCUT2D eigenvalue weighted by Gasteiger charge is 2.11. The molecule has 0 spiro atoms. The zero-order chi connectivity index (χ0) is 14.3. The van der Waals surface area contributed by atoms with Gasteiger partial charge in [0.2, 0.25) is 0 Å². The summed E-state index contributed by atoms with van der Waals surface area (Å²) >= 11 is 3.60. The van der Waals surface area contributed by atoms with Crippen molar-refractivity contribution >= 4 is 15.9 Å². The van der Waals surface area contributed by atoms with Crippen LogP contribution in [0.4, 0.5) is 0 Å². The Balaban J connectivity index is 2.91. The van der Waals surface area contributed by atoms with Gasteiger partial charge in [0.15, 0.2) is 11.5 Å². The molecule has 0 aliphatic heterocycles. The first-order valence-electron chi connectivity index (χ1n) is 6.89. The number of benzene rings is 1. The Labute approximate surface area is 124 Å². The normalized spacial score (nSPS) is 10.8. The minimum atomic E-state index is 0.457. The number of hydrogen-bond donors (Lipinski definition) is 1. The number of nitrogens with one attached hydrogen (secondary N) is 1. The molecule has 0 saturated heterocycles. The van der Waals surface area contributed by atoms with Crippen LogP contribution in [0.15, 0.2) is 16.6 Å². The van der Waals surface area contributed by atoms with Crippen molar-refractivity contribution in [3.63, 3.8) is 0 Å². The molecule has 0 fully saturated rings. The van der Waals surface area contributed by atoms with Gasteiger partial charge in [-0.05, 0) is 31.0 Å². The van der Waals surface area contributed by atoms with Gasteiger partial charge in [-0.2, -0.15) is 0 Å². The second kappa shape index (κ2) is 8.43. The lowest BCUT2D eigenvalue weighted by atomic mass is 10.2. The van der Waals surface area contributed by atoms with E-state index in [2.05, 4.69) is 42.0 Å². The predicted molar refractivity (Wildman–Crippen MR) is 83.1 cm³/mol. The molecule has 1 aromatic carbocycles. The number of rotatable bonds is 8. The van der Waals surface area contributed by atoms with E-state index in [1.54, 1.807) is 0 Å². The Morgan fingerprint density at radius 3 is 2.42 bits per heavy atom. The highest BCUT2D eigenvalue weighted by molar-refractivity contribution is 9.10. The molecule has 4 heteroatoms. The van der Waals surface area contributed by atoms with Crippen molar-refractivity contribution in [1.82, 2.24) is 5.32 Å². The van der Waals surface area contributed by atoms with Crippen LogP contribution in [0.2, 0.25) is 0 Å². The minimum Gasteiger partial charge on any atom is -0.490 e. The first-order chi connectivity index (χ1) is 9.08. The molecule has 0 radical (unpaired) electrons. The molecular weight excluding hydrogens is 306 g/mol. The van der Waals surface area contributed by atoms with Crippen molar-refractivity contribution in [3.8, 4) is 11.5 Å². The van der Waals surface area contributed by atoms with Gasteiger partial charge >= 0.3 is 0 Å². The maximum absolute atomic E-state index is 5.72. The average Bonchev–Trinajstić information content (AvgIpc) is 2.37. The lowest BCUT2D eigenvalue weighted by Crippen LogP contribution is -2.22. The van der Waals surface area contributed by atoms with Crippen LogP contribution < -0.4 is 14.8 Å².